The Balaban J connectivity index is 2.00. The summed E-state index contributed by atoms with van der Waals surface area (Å²) in [6.45, 7) is 1.93. The zero-order chi connectivity index (χ0) is 15.0. The summed E-state index contributed by atoms with van der Waals surface area (Å²) in [7, 11) is 0. The van der Waals surface area contributed by atoms with Crippen molar-refractivity contribution in [3.05, 3.63) is 46.2 Å². The molecule has 1 aliphatic heterocycles. The van der Waals surface area contributed by atoms with Crippen LogP contribution in [0.1, 0.15) is 14.5 Å². The third-order valence-electron chi connectivity index (χ3n) is 3.25. The number of ether oxygens (including phenoxy) is 1. The topological polar surface area (TPSA) is 66.8 Å². The Morgan fingerprint density at radius 3 is 2.71 bits per heavy atom. The Morgan fingerprint density at radius 1 is 1.29 bits per heavy atom. The predicted octanol–water partition coefficient (Wildman–Crippen LogP) is 2.55. The van der Waals surface area contributed by atoms with Crippen LogP contribution >= 0.6 is 11.3 Å². The quantitative estimate of drug-likeness (QED) is 0.926. The Labute approximate surface area is 125 Å². The van der Waals surface area contributed by atoms with Gasteiger partial charge in [-0.15, -0.1) is 11.3 Å². The Bertz CT molecular complexity index is 709. The van der Waals surface area contributed by atoms with Crippen molar-refractivity contribution in [1.29, 1.82) is 0 Å². The number of hydrogen-bond acceptors (Lipinski definition) is 4. The van der Waals surface area contributed by atoms with Crippen LogP contribution in [0.4, 0.5) is 5.69 Å². The lowest BCUT2D eigenvalue weighted by Gasteiger charge is -2.32. The number of rotatable bonds is 2. The van der Waals surface area contributed by atoms with Crippen LogP contribution in [0.3, 0.4) is 0 Å². The first-order chi connectivity index (χ1) is 10.1. The van der Waals surface area contributed by atoms with Crippen molar-refractivity contribution < 1.29 is 19.4 Å². The van der Waals surface area contributed by atoms with E-state index in [0.29, 0.717) is 16.3 Å². The Kier molecular flexibility index (Phi) is 3.39. The van der Waals surface area contributed by atoms with Crippen LogP contribution in [0, 0.1) is 6.92 Å². The average Bonchev–Trinajstić information content (AvgIpc) is 2.92. The highest BCUT2D eigenvalue weighted by Gasteiger charge is 2.34. The van der Waals surface area contributed by atoms with E-state index in [0.717, 1.165) is 4.88 Å². The number of aryl methyl sites for hydroxylation is 1. The second-order valence-corrected chi connectivity index (χ2v) is 6.03. The predicted molar refractivity (Wildman–Crippen MR) is 79.2 cm³/mol. The molecule has 1 unspecified atom stereocenters. The smallest absolute Gasteiger partial charge is 0.346 e. The van der Waals surface area contributed by atoms with Gasteiger partial charge in [-0.25, -0.2) is 4.79 Å². The zero-order valence-corrected chi connectivity index (χ0v) is 12.1. The number of fused-ring (bicyclic) bond motifs is 1. The van der Waals surface area contributed by atoms with E-state index in [1.165, 1.54) is 16.2 Å². The van der Waals surface area contributed by atoms with Crippen LogP contribution in [-0.2, 0) is 4.79 Å². The molecule has 1 amide bonds. The summed E-state index contributed by atoms with van der Waals surface area (Å²) in [5.74, 6) is -0.863. The van der Waals surface area contributed by atoms with Gasteiger partial charge in [0, 0.05) is 4.88 Å². The highest BCUT2D eigenvalue weighted by molar-refractivity contribution is 7.14. The van der Waals surface area contributed by atoms with Gasteiger partial charge < -0.3 is 9.84 Å². The summed E-state index contributed by atoms with van der Waals surface area (Å²) in [6, 6.07) is 10.6. The number of amides is 1. The fourth-order valence-electron chi connectivity index (χ4n) is 2.24. The molecule has 1 aromatic carbocycles. The summed E-state index contributed by atoms with van der Waals surface area (Å²) in [5.41, 5.74) is 0.603. The van der Waals surface area contributed by atoms with Gasteiger partial charge in [-0.1, -0.05) is 12.1 Å². The van der Waals surface area contributed by atoms with Gasteiger partial charge in [-0.05, 0) is 31.2 Å². The van der Waals surface area contributed by atoms with Crippen LogP contribution in [0.2, 0.25) is 0 Å². The lowest BCUT2D eigenvalue weighted by Crippen LogP contribution is -2.46. The van der Waals surface area contributed by atoms with E-state index in [-0.39, 0.29) is 12.5 Å². The third-order valence-corrected chi connectivity index (χ3v) is 4.23. The number of carbonyl (C=O) groups is 2. The van der Waals surface area contributed by atoms with Crippen LogP contribution < -0.4 is 9.64 Å². The number of thiophene rings is 1. The van der Waals surface area contributed by atoms with E-state index in [9.17, 15) is 14.7 Å². The van der Waals surface area contributed by atoms with Crippen LogP contribution in [0.5, 0.6) is 5.75 Å². The van der Waals surface area contributed by atoms with Crippen molar-refractivity contribution in [3.8, 4) is 5.75 Å². The zero-order valence-electron chi connectivity index (χ0n) is 11.3. The molecule has 3 rings (SSSR count). The maximum Gasteiger partial charge on any atom is 0.346 e. The van der Waals surface area contributed by atoms with E-state index in [1.54, 1.807) is 30.3 Å². The summed E-state index contributed by atoms with van der Waals surface area (Å²) < 4.78 is 5.42. The highest BCUT2D eigenvalue weighted by atomic mass is 32.1. The second-order valence-electron chi connectivity index (χ2n) is 4.74. The third kappa shape index (κ3) is 2.50. The van der Waals surface area contributed by atoms with Crippen molar-refractivity contribution >= 4 is 28.9 Å². The molecule has 0 saturated carbocycles. The molecule has 0 fully saturated rings. The van der Waals surface area contributed by atoms with Gasteiger partial charge in [0.05, 0.1) is 17.1 Å². The molecule has 21 heavy (non-hydrogen) atoms. The molecule has 0 saturated heterocycles. The molecule has 2 heterocycles. The summed E-state index contributed by atoms with van der Waals surface area (Å²) >= 11 is 1.39. The minimum Gasteiger partial charge on any atom is -0.478 e. The van der Waals surface area contributed by atoms with E-state index in [4.69, 9.17) is 4.74 Å². The molecular formula is C15H13NO4S. The molecule has 0 spiro atoms. The van der Waals surface area contributed by atoms with Gasteiger partial charge in [0.25, 0.3) is 5.91 Å². The van der Waals surface area contributed by atoms with E-state index >= 15 is 0 Å². The lowest BCUT2D eigenvalue weighted by atomic mass is 10.1. The molecular weight excluding hydrogens is 290 g/mol. The van der Waals surface area contributed by atoms with Crippen LogP contribution in [0.15, 0.2) is 36.4 Å². The summed E-state index contributed by atoms with van der Waals surface area (Å²) in [6.07, 6.45) is -1.05. The number of aliphatic carboxylic acids is 1. The van der Waals surface area contributed by atoms with Gasteiger partial charge in [0.2, 0.25) is 6.10 Å². The Hall–Kier alpha value is -2.34. The number of hydrogen-bond donors (Lipinski definition) is 1. The Morgan fingerprint density at radius 2 is 2.05 bits per heavy atom. The van der Waals surface area contributed by atoms with Crippen LogP contribution in [0.25, 0.3) is 0 Å². The molecule has 1 N–H and O–H groups in total. The lowest BCUT2D eigenvalue weighted by molar-refractivity contribution is -0.144. The normalized spacial score (nSPS) is 17.0. The average molecular weight is 303 g/mol. The number of anilines is 1. The maximum atomic E-state index is 12.6. The molecule has 6 heteroatoms. The first-order valence-corrected chi connectivity index (χ1v) is 7.24. The molecule has 1 aromatic heterocycles. The minimum absolute atomic E-state index is 0.00211. The standard InChI is InChI=1S/C15H13NO4S/c1-9-6-7-13(21-9)14(17)16-8-12(15(18)19)20-11-5-3-2-4-10(11)16/h2-7,12H,8H2,1H3,(H,18,19). The van der Waals surface area contributed by atoms with Gasteiger partial charge in [0.15, 0.2) is 0 Å². The van der Waals surface area contributed by atoms with Gasteiger partial charge in [-0.2, -0.15) is 0 Å². The number of carbonyl (C=O) groups excluding carboxylic acids is 1. The second kappa shape index (κ2) is 5.21. The van der Waals surface area contributed by atoms with Crippen LogP contribution in [-0.4, -0.2) is 29.6 Å². The van der Waals surface area contributed by atoms with Gasteiger partial charge in [0.1, 0.15) is 5.75 Å². The molecule has 0 bridgehead atoms. The van der Waals surface area contributed by atoms with Gasteiger partial charge >= 0.3 is 5.97 Å². The monoisotopic (exact) mass is 303 g/mol. The molecule has 5 nitrogen and oxygen atoms in total. The SMILES string of the molecule is Cc1ccc(C(=O)N2CC(C(=O)O)Oc3ccccc32)s1. The first-order valence-electron chi connectivity index (χ1n) is 6.43. The number of carboxylic acid groups (broad SMARTS) is 1. The molecule has 108 valence electrons. The largest absolute Gasteiger partial charge is 0.478 e. The molecule has 0 radical (unpaired) electrons. The molecule has 1 atom stereocenters. The van der Waals surface area contributed by atoms with Crippen molar-refractivity contribution in [2.75, 3.05) is 11.4 Å². The van der Waals surface area contributed by atoms with E-state index < -0.39 is 12.1 Å². The van der Waals surface area contributed by atoms with Gasteiger partial charge in [-0.3, -0.25) is 9.69 Å². The van der Waals surface area contributed by atoms with Crippen molar-refractivity contribution in [2.45, 2.75) is 13.0 Å². The molecule has 0 aliphatic carbocycles. The fourth-order valence-corrected chi connectivity index (χ4v) is 3.05. The van der Waals surface area contributed by atoms with Crippen molar-refractivity contribution in [3.63, 3.8) is 0 Å². The van der Waals surface area contributed by atoms with Crippen molar-refractivity contribution in [2.24, 2.45) is 0 Å². The van der Waals surface area contributed by atoms with E-state index in [1.807, 2.05) is 13.0 Å². The summed E-state index contributed by atoms with van der Waals surface area (Å²) in [4.78, 5) is 26.9. The number of para-hydroxylation sites is 2. The van der Waals surface area contributed by atoms with Crippen molar-refractivity contribution in [1.82, 2.24) is 0 Å². The fraction of sp³-hybridized carbons (Fsp3) is 0.200. The molecule has 1 aliphatic rings. The minimum atomic E-state index is -1.08. The number of benzene rings is 1. The highest BCUT2D eigenvalue weighted by Crippen LogP contribution is 2.34. The number of nitrogens with zero attached hydrogens (tertiary/aromatic N) is 1. The number of carboxylic acids is 1. The van der Waals surface area contributed by atoms with E-state index in [2.05, 4.69) is 0 Å². The summed E-state index contributed by atoms with van der Waals surface area (Å²) in [5, 5.41) is 9.18. The first kappa shape index (κ1) is 13.6. The molecule has 2 aromatic rings. The maximum absolute atomic E-state index is 12.6.